The fourth-order valence-electron chi connectivity index (χ4n) is 3.88. The van der Waals surface area contributed by atoms with Crippen molar-refractivity contribution in [3.8, 4) is 5.75 Å². The fourth-order valence-corrected chi connectivity index (χ4v) is 4.54. The zero-order valence-electron chi connectivity index (χ0n) is 18.7. The van der Waals surface area contributed by atoms with Crippen LogP contribution in [0.5, 0.6) is 5.75 Å². The smallest absolute Gasteiger partial charge is 0.311 e. The van der Waals surface area contributed by atoms with Gasteiger partial charge in [-0.05, 0) is 56.0 Å². The van der Waals surface area contributed by atoms with Crippen LogP contribution in [0.2, 0.25) is 0 Å². The summed E-state index contributed by atoms with van der Waals surface area (Å²) in [6, 6.07) is 15.5. The summed E-state index contributed by atoms with van der Waals surface area (Å²) in [7, 11) is -3.77. The first kappa shape index (κ1) is 24.7. The van der Waals surface area contributed by atoms with Crippen molar-refractivity contribution in [1.29, 1.82) is 0 Å². The average molecular weight is 476 g/mol. The van der Waals surface area contributed by atoms with Gasteiger partial charge in [0, 0.05) is 5.56 Å². The molecule has 0 bridgehead atoms. The molecule has 3 rings (SSSR count). The van der Waals surface area contributed by atoms with E-state index in [1.54, 1.807) is 31.2 Å². The Hall–Kier alpha value is -2.91. The standard InChI is InChI=1S/C24H29NO7S/c1-3-30-24(27)20-10-7-11-21(32-33(2,28)29)22(20)25-23(26)18-12-14-19(15-13-18)31-16-17-8-5-4-6-9-17/h4-6,8-9,12-15,20-22H,3,7,10-11,16H2,1-2H3,(H,25,26). The zero-order chi connectivity index (χ0) is 23.8. The molecule has 1 aliphatic carbocycles. The van der Waals surface area contributed by atoms with Gasteiger partial charge in [0.05, 0.1) is 30.9 Å². The van der Waals surface area contributed by atoms with E-state index in [1.807, 2.05) is 30.3 Å². The topological polar surface area (TPSA) is 108 Å². The summed E-state index contributed by atoms with van der Waals surface area (Å²) in [5.74, 6) is -0.999. The lowest BCUT2D eigenvalue weighted by Crippen LogP contribution is -2.54. The third kappa shape index (κ3) is 7.30. The van der Waals surface area contributed by atoms with Crippen molar-refractivity contribution in [3.05, 3.63) is 65.7 Å². The monoisotopic (exact) mass is 475 g/mol. The molecule has 1 saturated carbocycles. The minimum Gasteiger partial charge on any atom is -0.489 e. The van der Waals surface area contributed by atoms with Crippen LogP contribution in [0, 0.1) is 5.92 Å². The lowest BCUT2D eigenvalue weighted by molar-refractivity contribution is -0.151. The SMILES string of the molecule is CCOC(=O)C1CCCC(OS(C)(=O)=O)C1NC(=O)c1ccc(OCc2ccccc2)cc1. The van der Waals surface area contributed by atoms with Crippen molar-refractivity contribution in [3.63, 3.8) is 0 Å². The summed E-state index contributed by atoms with van der Waals surface area (Å²) in [6.07, 6.45) is 1.57. The number of carbonyl (C=O) groups is 2. The van der Waals surface area contributed by atoms with E-state index in [4.69, 9.17) is 13.7 Å². The Balaban J connectivity index is 1.70. The molecule has 1 fully saturated rings. The molecule has 9 heteroatoms. The second-order valence-electron chi connectivity index (χ2n) is 7.93. The minimum atomic E-state index is -3.77. The maximum Gasteiger partial charge on any atom is 0.311 e. The number of carbonyl (C=O) groups excluding carboxylic acids is 2. The molecule has 2 aromatic rings. The molecule has 0 aromatic heterocycles. The molecule has 3 unspecified atom stereocenters. The number of esters is 1. The van der Waals surface area contributed by atoms with Gasteiger partial charge in [0.15, 0.2) is 0 Å². The molecule has 3 atom stereocenters. The van der Waals surface area contributed by atoms with Crippen LogP contribution in [0.25, 0.3) is 0 Å². The Kier molecular flexibility index (Phi) is 8.46. The average Bonchev–Trinajstić information content (AvgIpc) is 2.79. The van der Waals surface area contributed by atoms with Gasteiger partial charge in [-0.2, -0.15) is 8.42 Å². The van der Waals surface area contributed by atoms with E-state index >= 15 is 0 Å². The Morgan fingerprint density at radius 1 is 1.03 bits per heavy atom. The molecule has 33 heavy (non-hydrogen) atoms. The van der Waals surface area contributed by atoms with Crippen LogP contribution in [0.15, 0.2) is 54.6 Å². The van der Waals surface area contributed by atoms with Crippen LogP contribution >= 0.6 is 0 Å². The van der Waals surface area contributed by atoms with Gasteiger partial charge in [-0.1, -0.05) is 30.3 Å². The molecule has 1 aliphatic rings. The molecule has 2 aromatic carbocycles. The number of hydrogen-bond acceptors (Lipinski definition) is 7. The van der Waals surface area contributed by atoms with E-state index in [0.29, 0.717) is 37.2 Å². The maximum absolute atomic E-state index is 12.9. The molecule has 0 spiro atoms. The van der Waals surface area contributed by atoms with Crippen LogP contribution in [-0.4, -0.2) is 45.3 Å². The summed E-state index contributed by atoms with van der Waals surface area (Å²) in [5, 5.41) is 2.80. The summed E-state index contributed by atoms with van der Waals surface area (Å²) < 4.78 is 39.6. The second kappa shape index (κ2) is 11.3. The largest absolute Gasteiger partial charge is 0.489 e. The van der Waals surface area contributed by atoms with E-state index in [2.05, 4.69) is 5.32 Å². The van der Waals surface area contributed by atoms with Crippen LogP contribution in [0.3, 0.4) is 0 Å². The minimum absolute atomic E-state index is 0.193. The van der Waals surface area contributed by atoms with Crippen molar-refractivity contribution < 1.29 is 31.7 Å². The predicted octanol–water partition coefficient (Wildman–Crippen LogP) is 3.07. The molecule has 1 N–H and O–H groups in total. The Labute approximate surface area is 194 Å². The van der Waals surface area contributed by atoms with Gasteiger partial charge >= 0.3 is 5.97 Å². The van der Waals surface area contributed by atoms with E-state index in [9.17, 15) is 18.0 Å². The van der Waals surface area contributed by atoms with Gasteiger partial charge in [-0.15, -0.1) is 0 Å². The highest BCUT2D eigenvalue weighted by Crippen LogP contribution is 2.29. The molecule has 0 saturated heterocycles. The van der Waals surface area contributed by atoms with Gasteiger partial charge < -0.3 is 14.8 Å². The molecule has 0 heterocycles. The third-order valence-corrected chi connectivity index (χ3v) is 5.98. The number of hydrogen-bond donors (Lipinski definition) is 1. The van der Waals surface area contributed by atoms with Crippen LogP contribution in [0.1, 0.15) is 42.1 Å². The summed E-state index contributed by atoms with van der Waals surface area (Å²) >= 11 is 0. The summed E-state index contributed by atoms with van der Waals surface area (Å²) in [4.78, 5) is 25.4. The first-order valence-electron chi connectivity index (χ1n) is 10.9. The van der Waals surface area contributed by atoms with Crippen molar-refractivity contribution in [2.45, 2.75) is 44.9 Å². The lowest BCUT2D eigenvalue weighted by Gasteiger charge is -2.36. The van der Waals surface area contributed by atoms with Crippen molar-refractivity contribution in [1.82, 2.24) is 5.32 Å². The lowest BCUT2D eigenvalue weighted by atomic mass is 9.82. The summed E-state index contributed by atoms with van der Waals surface area (Å²) in [6.45, 7) is 2.29. The number of rotatable bonds is 9. The Morgan fingerprint density at radius 3 is 2.36 bits per heavy atom. The Morgan fingerprint density at radius 2 is 1.73 bits per heavy atom. The normalized spacial score (nSPS) is 20.6. The zero-order valence-corrected chi connectivity index (χ0v) is 19.5. The number of ether oxygens (including phenoxy) is 2. The number of nitrogens with one attached hydrogen (secondary N) is 1. The van der Waals surface area contributed by atoms with E-state index in [0.717, 1.165) is 11.8 Å². The van der Waals surface area contributed by atoms with Gasteiger partial charge in [-0.25, -0.2) is 0 Å². The van der Waals surface area contributed by atoms with Crippen molar-refractivity contribution in [2.75, 3.05) is 12.9 Å². The summed E-state index contributed by atoms with van der Waals surface area (Å²) in [5.41, 5.74) is 1.38. The number of benzene rings is 2. The van der Waals surface area contributed by atoms with E-state index < -0.39 is 40.1 Å². The fraction of sp³-hybridized carbons (Fsp3) is 0.417. The predicted molar refractivity (Wildman–Crippen MR) is 122 cm³/mol. The molecule has 0 radical (unpaired) electrons. The van der Waals surface area contributed by atoms with Crippen LogP contribution in [-0.2, 0) is 30.4 Å². The van der Waals surface area contributed by atoms with Gasteiger partial charge in [-0.3, -0.25) is 13.8 Å². The highest BCUT2D eigenvalue weighted by atomic mass is 32.2. The Bertz CT molecular complexity index is 1040. The highest BCUT2D eigenvalue weighted by Gasteiger charge is 2.41. The van der Waals surface area contributed by atoms with E-state index in [-0.39, 0.29) is 6.61 Å². The maximum atomic E-state index is 12.9. The second-order valence-corrected chi connectivity index (χ2v) is 9.53. The highest BCUT2D eigenvalue weighted by molar-refractivity contribution is 7.86. The molecular weight excluding hydrogens is 446 g/mol. The molecule has 8 nitrogen and oxygen atoms in total. The first-order valence-corrected chi connectivity index (χ1v) is 12.7. The first-order chi connectivity index (χ1) is 15.8. The number of amides is 1. The van der Waals surface area contributed by atoms with Gasteiger partial charge in [0.25, 0.3) is 16.0 Å². The van der Waals surface area contributed by atoms with Crippen LogP contribution < -0.4 is 10.1 Å². The molecule has 178 valence electrons. The third-order valence-electron chi connectivity index (χ3n) is 5.39. The van der Waals surface area contributed by atoms with Gasteiger partial charge in [0.1, 0.15) is 12.4 Å². The molecule has 0 aliphatic heterocycles. The van der Waals surface area contributed by atoms with Gasteiger partial charge in [0.2, 0.25) is 0 Å². The van der Waals surface area contributed by atoms with E-state index in [1.165, 1.54) is 0 Å². The molecular formula is C24H29NO7S. The van der Waals surface area contributed by atoms with Crippen molar-refractivity contribution >= 4 is 22.0 Å². The molecule has 1 amide bonds. The quantitative estimate of drug-likeness (QED) is 0.439. The van der Waals surface area contributed by atoms with Crippen LogP contribution in [0.4, 0.5) is 0 Å². The van der Waals surface area contributed by atoms with Crippen molar-refractivity contribution in [2.24, 2.45) is 5.92 Å².